The first kappa shape index (κ1) is 22.4. The van der Waals surface area contributed by atoms with E-state index in [4.69, 9.17) is 0 Å². The van der Waals surface area contributed by atoms with Crippen LogP contribution in [0.5, 0.6) is 0 Å². The zero-order valence-corrected chi connectivity index (χ0v) is 17.4. The zero-order valence-electron chi connectivity index (χ0n) is 17.4. The molecule has 0 atom stereocenters. The molecule has 1 N–H and O–H groups in total. The lowest BCUT2D eigenvalue weighted by Gasteiger charge is -2.38. The van der Waals surface area contributed by atoms with Crippen LogP contribution < -0.4 is 4.90 Å². The molecule has 3 heterocycles. The summed E-state index contributed by atoms with van der Waals surface area (Å²) in [6.07, 6.45) is 0.558. The van der Waals surface area contributed by atoms with Crippen molar-refractivity contribution in [3.05, 3.63) is 64.7 Å². The van der Waals surface area contributed by atoms with Gasteiger partial charge in [0.1, 0.15) is 23.1 Å². The van der Waals surface area contributed by atoms with Crippen LogP contribution in [0.15, 0.2) is 47.1 Å². The fourth-order valence-electron chi connectivity index (χ4n) is 3.72. The van der Waals surface area contributed by atoms with E-state index in [-0.39, 0.29) is 35.6 Å². The van der Waals surface area contributed by atoms with Gasteiger partial charge in [0.2, 0.25) is 0 Å². The Morgan fingerprint density at radius 1 is 1.27 bits per heavy atom. The third kappa shape index (κ3) is 3.93. The molecule has 2 aromatic heterocycles. The van der Waals surface area contributed by atoms with E-state index in [9.17, 15) is 27.9 Å². The van der Waals surface area contributed by atoms with Gasteiger partial charge in [0, 0.05) is 36.0 Å². The SMILES string of the molecule is C=CN=C1C=C(C(F)F)C=C/C1=C\c1c(C)nc2c(C#N)c(C(F)F)nn2c1N1CC(O)C1. The van der Waals surface area contributed by atoms with Crippen molar-refractivity contribution < 1.29 is 22.7 Å². The van der Waals surface area contributed by atoms with Crippen LogP contribution in [0.2, 0.25) is 0 Å². The largest absolute Gasteiger partial charge is 0.389 e. The molecule has 1 aliphatic carbocycles. The molecule has 0 radical (unpaired) electrons. The van der Waals surface area contributed by atoms with Crippen LogP contribution in [0, 0.1) is 18.3 Å². The van der Waals surface area contributed by atoms with Crippen LogP contribution in [-0.2, 0) is 0 Å². The lowest BCUT2D eigenvalue weighted by molar-refractivity contribution is 0.139. The van der Waals surface area contributed by atoms with E-state index >= 15 is 0 Å². The summed E-state index contributed by atoms with van der Waals surface area (Å²) in [4.78, 5) is 10.1. The predicted molar refractivity (Wildman–Crippen MR) is 114 cm³/mol. The Labute approximate surface area is 186 Å². The van der Waals surface area contributed by atoms with E-state index in [1.54, 1.807) is 24.0 Å². The van der Waals surface area contributed by atoms with Crippen LogP contribution in [-0.4, -0.2) is 51.0 Å². The standard InChI is InChI=1S/C22H18F4N6O/c1-3-28-17-7-13(19(23)24)5-4-12(17)6-15-11(2)29-21-16(8-27)18(20(25)26)30-32(21)22(15)31-9-14(33)10-31/h3-7,14,19-20,33H,1,9-10H2,2H3/b12-6+,28-17?. The van der Waals surface area contributed by atoms with Crippen molar-refractivity contribution in [2.45, 2.75) is 25.9 Å². The molecule has 33 heavy (non-hydrogen) atoms. The number of aromatic nitrogens is 3. The molecule has 2 aliphatic rings. The smallest absolute Gasteiger partial charge is 0.283 e. The molecule has 2 aromatic rings. The summed E-state index contributed by atoms with van der Waals surface area (Å²) in [5.41, 5.74) is 0.319. The second kappa shape index (κ2) is 8.63. The maximum atomic E-state index is 13.5. The monoisotopic (exact) mass is 458 g/mol. The van der Waals surface area contributed by atoms with Crippen molar-refractivity contribution in [2.24, 2.45) is 4.99 Å². The summed E-state index contributed by atoms with van der Waals surface area (Å²) in [5, 5.41) is 23.2. The number of alkyl halides is 4. The van der Waals surface area contributed by atoms with Gasteiger partial charge >= 0.3 is 0 Å². The van der Waals surface area contributed by atoms with Crippen molar-refractivity contribution >= 4 is 23.3 Å². The summed E-state index contributed by atoms with van der Waals surface area (Å²) < 4.78 is 54.6. The number of aliphatic hydroxyl groups is 1. The van der Waals surface area contributed by atoms with E-state index in [2.05, 4.69) is 21.7 Å². The second-order valence-corrected chi connectivity index (χ2v) is 7.48. The van der Waals surface area contributed by atoms with Crippen molar-refractivity contribution in [3.63, 3.8) is 0 Å². The zero-order chi connectivity index (χ0) is 23.9. The summed E-state index contributed by atoms with van der Waals surface area (Å²) in [5.74, 6) is 0.355. The van der Waals surface area contributed by atoms with Gasteiger partial charge in [-0.05, 0) is 19.1 Å². The van der Waals surface area contributed by atoms with E-state index < -0.39 is 24.6 Å². The fourth-order valence-corrected chi connectivity index (χ4v) is 3.72. The molecule has 1 saturated heterocycles. The average molecular weight is 458 g/mol. The number of anilines is 1. The topological polar surface area (TPSA) is 89.8 Å². The van der Waals surface area contributed by atoms with Gasteiger partial charge in [-0.3, -0.25) is 4.99 Å². The third-order valence-corrected chi connectivity index (χ3v) is 5.31. The highest BCUT2D eigenvalue weighted by molar-refractivity contribution is 6.15. The average Bonchev–Trinajstić information content (AvgIpc) is 3.11. The van der Waals surface area contributed by atoms with Gasteiger partial charge in [-0.2, -0.15) is 14.9 Å². The first-order valence-electron chi connectivity index (χ1n) is 9.88. The molecule has 0 unspecified atom stereocenters. The van der Waals surface area contributed by atoms with Gasteiger partial charge in [0.25, 0.3) is 12.9 Å². The normalized spacial score (nSPS) is 19.0. The van der Waals surface area contributed by atoms with Crippen LogP contribution >= 0.6 is 0 Å². The molecule has 0 spiro atoms. The number of allylic oxidation sites excluding steroid dienone is 5. The number of halogens is 4. The van der Waals surface area contributed by atoms with Gasteiger partial charge in [-0.25, -0.2) is 22.5 Å². The maximum Gasteiger partial charge on any atom is 0.283 e. The number of aliphatic hydroxyl groups excluding tert-OH is 1. The van der Waals surface area contributed by atoms with Crippen molar-refractivity contribution in [3.8, 4) is 6.07 Å². The van der Waals surface area contributed by atoms with Gasteiger partial charge in [0.15, 0.2) is 5.65 Å². The van der Waals surface area contributed by atoms with Crippen molar-refractivity contribution in [2.75, 3.05) is 18.0 Å². The molecular weight excluding hydrogens is 440 g/mol. The molecule has 1 aliphatic heterocycles. The Hall–Kier alpha value is -3.78. The lowest BCUT2D eigenvalue weighted by Crippen LogP contribution is -2.52. The highest BCUT2D eigenvalue weighted by Crippen LogP contribution is 2.34. The molecule has 0 saturated carbocycles. The second-order valence-electron chi connectivity index (χ2n) is 7.48. The lowest BCUT2D eigenvalue weighted by atomic mass is 9.97. The summed E-state index contributed by atoms with van der Waals surface area (Å²) >= 11 is 0. The van der Waals surface area contributed by atoms with Gasteiger partial charge in [0.05, 0.1) is 17.5 Å². The number of fused-ring (bicyclic) bond motifs is 1. The summed E-state index contributed by atoms with van der Waals surface area (Å²) in [6.45, 7) is 5.60. The highest BCUT2D eigenvalue weighted by Gasteiger charge is 2.32. The van der Waals surface area contributed by atoms with Crippen LogP contribution in [0.1, 0.15) is 28.9 Å². The Balaban J connectivity index is 1.96. The van der Waals surface area contributed by atoms with Crippen LogP contribution in [0.3, 0.4) is 0 Å². The number of aliphatic imine (C=N–C) groups is 1. The highest BCUT2D eigenvalue weighted by atomic mass is 19.3. The van der Waals surface area contributed by atoms with E-state index in [1.807, 2.05) is 0 Å². The minimum atomic E-state index is -2.98. The Morgan fingerprint density at radius 3 is 2.58 bits per heavy atom. The Kier molecular flexibility index (Phi) is 5.86. The molecule has 0 bridgehead atoms. The quantitative estimate of drug-likeness (QED) is 0.690. The van der Waals surface area contributed by atoms with Gasteiger partial charge < -0.3 is 10.0 Å². The maximum absolute atomic E-state index is 13.5. The van der Waals surface area contributed by atoms with E-state index in [0.29, 0.717) is 22.6 Å². The molecule has 0 aromatic carbocycles. The molecule has 7 nitrogen and oxygen atoms in total. The molecule has 0 amide bonds. The number of nitrogens with zero attached hydrogens (tertiary/aromatic N) is 6. The van der Waals surface area contributed by atoms with Crippen LogP contribution in [0.25, 0.3) is 11.7 Å². The predicted octanol–water partition coefficient (Wildman–Crippen LogP) is 3.76. The van der Waals surface area contributed by atoms with Crippen molar-refractivity contribution in [1.29, 1.82) is 5.26 Å². The molecular formula is C22H18F4N6O. The van der Waals surface area contributed by atoms with E-state index in [0.717, 1.165) is 0 Å². The van der Waals surface area contributed by atoms with E-state index in [1.165, 1.54) is 28.9 Å². The number of rotatable bonds is 5. The first-order chi connectivity index (χ1) is 15.7. The Morgan fingerprint density at radius 2 is 2.00 bits per heavy atom. The van der Waals surface area contributed by atoms with Crippen LogP contribution in [0.4, 0.5) is 23.4 Å². The number of nitriles is 1. The fraction of sp³-hybridized carbons (Fsp3) is 0.273. The molecule has 11 heteroatoms. The number of β-amino-alcohol motifs (C(OH)–C–C–N with tert-alkyl or cyclic N) is 1. The number of hydrogen-bond acceptors (Lipinski definition) is 6. The number of aryl methyl sites for hydroxylation is 1. The number of hydrogen-bond donors (Lipinski definition) is 1. The molecule has 4 rings (SSSR count). The minimum Gasteiger partial charge on any atom is -0.389 e. The molecule has 1 fully saturated rings. The third-order valence-electron chi connectivity index (χ3n) is 5.31. The minimum absolute atomic E-state index is 0.0251. The summed E-state index contributed by atoms with van der Waals surface area (Å²) in [7, 11) is 0. The molecule has 170 valence electrons. The Bertz CT molecular complexity index is 1290. The van der Waals surface area contributed by atoms with Gasteiger partial charge in [-0.15, -0.1) is 0 Å². The van der Waals surface area contributed by atoms with Gasteiger partial charge in [-0.1, -0.05) is 18.7 Å². The first-order valence-corrected chi connectivity index (χ1v) is 9.88. The van der Waals surface area contributed by atoms with Crippen molar-refractivity contribution in [1.82, 2.24) is 14.6 Å². The summed E-state index contributed by atoms with van der Waals surface area (Å²) in [6, 6.07) is 1.75.